The Morgan fingerprint density at radius 3 is 2.67 bits per heavy atom. The van der Waals surface area contributed by atoms with Crippen LogP contribution in [-0.2, 0) is 0 Å². The molecule has 126 valence electrons. The van der Waals surface area contributed by atoms with E-state index in [1.54, 1.807) is 18.6 Å². The smallest absolute Gasteiger partial charge is 0.262 e. The summed E-state index contributed by atoms with van der Waals surface area (Å²) in [7, 11) is 0. The Labute approximate surface area is 150 Å². The molecule has 0 aliphatic carbocycles. The van der Waals surface area contributed by atoms with E-state index in [0.29, 0.717) is 17.4 Å². The molecule has 0 saturated carbocycles. The summed E-state index contributed by atoms with van der Waals surface area (Å²) >= 11 is 0. The lowest BCUT2D eigenvalue weighted by Gasteiger charge is -2.28. The third kappa shape index (κ3) is 3.64. The molecule has 0 unspecified atom stereocenters. The molecule has 4 rings (SSSR count). The van der Waals surface area contributed by atoms with E-state index in [2.05, 4.69) is 25.4 Å². The Balaban J connectivity index is 0.00000104. The first-order valence-corrected chi connectivity index (χ1v) is 6.97. The summed E-state index contributed by atoms with van der Waals surface area (Å²) < 4.78 is 11.3. The molecule has 2 aromatic heterocycles. The minimum atomic E-state index is 0. The highest BCUT2D eigenvalue weighted by molar-refractivity contribution is 5.85. The largest absolute Gasteiger partial charge is 0.487 e. The maximum absolute atomic E-state index is 5.93. The zero-order valence-corrected chi connectivity index (χ0v) is 14.1. The van der Waals surface area contributed by atoms with Gasteiger partial charge in [-0.1, -0.05) is 17.3 Å². The molecule has 1 saturated heterocycles. The van der Waals surface area contributed by atoms with E-state index in [1.807, 2.05) is 24.3 Å². The van der Waals surface area contributed by atoms with Crippen LogP contribution in [0.25, 0.3) is 23.0 Å². The van der Waals surface area contributed by atoms with Gasteiger partial charge in [-0.2, -0.15) is 4.98 Å². The van der Waals surface area contributed by atoms with Crippen molar-refractivity contribution >= 4 is 24.8 Å². The van der Waals surface area contributed by atoms with Crippen LogP contribution in [0, 0.1) is 0 Å². The Morgan fingerprint density at radius 2 is 1.96 bits per heavy atom. The molecule has 1 aliphatic rings. The molecule has 3 aromatic rings. The Bertz CT molecular complexity index is 780. The van der Waals surface area contributed by atoms with Crippen molar-refractivity contribution in [1.29, 1.82) is 0 Å². The number of aromatic nitrogens is 4. The van der Waals surface area contributed by atoms with Gasteiger partial charge in [0.25, 0.3) is 5.89 Å². The minimum absolute atomic E-state index is 0. The number of nitrogens with zero attached hydrogens (tertiary/aromatic N) is 4. The summed E-state index contributed by atoms with van der Waals surface area (Å²) in [6.07, 6.45) is 4.96. The SMILES string of the molecule is Cl.Cl.c1ccc(-c2nc(-c3cnccn3)no2)c(OC2CNC2)c1. The van der Waals surface area contributed by atoms with Crippen LogP contribution in [0.15, 0.2) is 47.4 Å². The predicted octanol–water partition coefficient (Wildman–Crippen LogP) is 2.39. The van der Waals surface area contributed by atoms with Crippen LogP contribution in [0.4, 0.5) is 0 Å². The highest BCUT2D eigenvalue weighted by Gasteiger charge is 2.21. The maximum Gasteiger partial charge on any atom is 0.262 e. The lowest BCUT2D eigenvalue weighted by atomic mass is 10.2. The fourth-order valence-electron chi connectivity index (χ4n) is 2.12. The van der Waals surface area contributed by atoms with Crippen molar-refractivity contribution in [3.8, 4) is 28.7 Å². The zero-order valence-electron chi connectivity index (χ0n) is 12.5. The van der Waals surface area contributed by atoms with Gasteiger partial charge in [0.05, 0.1) is 11.8 Å². The van der Waals surface area contributed by atoms with Crippen molar-refractivity contribution < 1.29 is 9.26 Å². The van der Waals surface area contributed by atoms with Crippen LogP contribution >= 0.6 is 24.8 Å². The zero-order chi connectivity index (χ0) is 14.8. The average Bonchev–Trinajstić information content (AvgIpc) is 3.02. The predicted molar refractivity (Wildman–Crippen MR) is 92.5 cm³/mol. The lowest BCUT2D eigenvalue weighted by molar-refractivity contribution is 0.142. The minimum Gasteiger partial charge on any atom is -0.487 e. The second-order valence-electron chi connectivity index (χ2n) is 4.91. The van der Waals surface area contributed by atoms with E-state index in [-0.39, 0.29) is 30.9 Å². The fraction of sp³-hybridized carbons (Fsp3) is 0.200. The van der Waals surface area contributed by atoms with Gasteiger partial charge in [0.1, 0.15) is 17.5 Å². The summed E-state index contributed by atoms with van der Waals surface area (Å²) in [4.78, 5) is 12.6. The van der Waals surface area contributed by atoms with Crippen LogP contribution in [-0.4, -0.2) is 39.3 Å². The molecular formula is C15H15Cl2N5O2. The van der Waals surface area contributed by atoms with Gasteiger partial charge in [0.15, 0.2) is 0 Å². The normalized spacial score (nSPS) is 13.3. The lowest BCUT2D eigenvalue weighted by Crippen LogP contribution is -2.50. The summed E-state index contributed by atoms with van der Waals surface area (Å²) in [6.45, 7) is 1.70. The Kier molecular flexibility index (Phi) is 6.08. The number of hydrogen-bond acceptors (Lipinski definition) is 7. The number of para-hydroxylation sites is 1. The second kappa shape index (κ2) is 8.05. The van der Waals surface area contributed by atoms with Gasteiger partial charge in [-0.05, 0) is 12.1 Å². The molecule has 7 nitrogen and oxygen atoms in total. The number of benzene rings is 1. The highest BCUT2D eigenvalue weighted by Crippen LogP contribution is 2.30. The third-order valence-corrected chi connectivity index (χ3v) is 3.37. The van der Waals surface area contributed by atoms with E-state index in [1.165, 1.54) is 0 Å². The van der Waals surface area contributed by atoms with Gasteiger partial charge in [-0.15, -0.1) is 24.8 Å². The van der Waals surface area contributed by atoms with E-state index < -0.39 is 0 Å². The van der Waals surface area contributed by atoms with Crippen molar-refractivity contribution in [2.24, 2.45) is 0 Å². The molecule has 0 atom stereocenters. The molecule has 1 fully saturated rings. The number of rotatable bonds is 4. The first kappa shape index (κ1) is 18.1. The van der Waals surface area contributed by atoms with Crippen molar-refractivity contribution in [2.75, 3.05) is 13.1 Å². The summed E-state index contributed by atoms with van der Waals surface area (Å²) in [6, 6.07) is 7.63. The monoisotopic (exact) mass is 367 g/mol. The molecule has 0 amide bonds. The molecule has 24 heavy (non-hydrogen) atoms. The fourth-order valence-corrected chi connectivity index (χ4v) is 2.12. The van der Waals surface area contributed by atoms with Gasteiger partial charge in [0, 0.05) is 25.5 Å². The maximum atomic E-state index is 5.93. The Morgan fingerprint density at radius 1 is 1.12 bits per heavy atom. The summed E-state index contributed by atoms with van der Waals surface area (Å²) in [5.74, 6) is 1.55. The third-order valence-electron chi connectivity index (χ3n) is 3.37. The number of ether oxygens (including phenoxy) is 1. The van der Waals surface area contributed by atoms with Crippen LogP contribution in [0.5, 0.6) is 5.75 Å². The second-order valence-corrected chi connectivity index (χ2v) is 4.91. The molecule has 1 N–H and O–H groups in total. The topological polar surface area (TPSA) is 86.0 Å². The summed E-state index contributed by atoms with van der Waals surface area (Å²) in [5, 5.41) is 7.14. The average molecular weight is 368 g/mol. The molecule has 1 aliphatic heterocycles. The molecule has 0 spiro atoms. The quantitative estimate of drug-likeness (QED) is 0.757. The van der Waals surface area contributed by atoms with Gasteiger partial charge in [-0.3, -0.25) is 4.98 Å². The van der Waals surface area contributed by atoms with Crippen molar-refractivity contribution in [2.45, 2.75) is 6.10 Å². The van der Waals surface area contributed by atoms with E-state index in [9.17, 15) is 0 Å². The molecule has 9 heteroatoms. The molecule has 0 bridgehead atoms. The van der Waals surface area contributed by atoms with E-state index in [4.69, 9.17) is 9.26 Å². The highest BCUT2D eigenvalue weighted by atomic mass is 35.5. The standard InChI is InChI=1S/C15H13N5O2.2ClH/c1-2-4-13(21-10-7-17-8-10)11(3-1)15-19-14(20-22-15)12-9-16-5-6-18-12;;/h1-6,9-10,17H,7-8H2;2*1H. The van der Waals surface area contributed by atoms with Crippen molar-refractivity contribution in [1.82, 2.24) is 25.4 Å². The first-order chi connectivity index (χ1) is 10.9. The van der Waals surface area contributed by atoms with Gasteiger partial charge in [-0.25, -0.2) is 4.98 Å². The van der Waals surface area contributed by atoms with Gasteiger partial charge < -0.3 is 14.6 Å². The van der Waals surface area contributed by atoms with E-state index >= 15 is 0 Å². The van der Waals surface area contributed by atoms with Crippen LogP contribution < -0.4 is 10.1 Å². The van der Waals surface area contributed by atoms with Gasteiger partial charge in [0.2, 0.25) is 5.82 Å². The molecule has 0 radical (unpaired) electrons. The number of nitrogens with one attached hydrogen (secondary N) is 1. The first-order valence-electron chi connectivity index (χ1n) is 6.97. The van der Waals surface area contributed by atoms with Crippen molar-refractivity contribution in [3.63, 3.8) is 0 Å². The molecule has 3 heterocycles. The molecule has 1 aromatic carbocycles. The van der Waals surface area contributed by atoms with E-state index in [0.717, 1.165) is 24.4 Å². The Hall–Kier alpha value is -2.22. The summed E-state index contributed by atoms with van der Waals surface area (Å²) in [5.41, 5.74) is 1.34. The number of hydrogen-bond donors (Lipinski definition) is 1. The number of halogens is 2. The van der Waals surface area contributed by atoms with Gasteiger partial charge >= 0.3 is 0 Å². The van der Waals surface area contributed by atoms with Crippen LogP contribution in [0.1, 0.15) is 0 Å². The van der Waals surface area contributed by atoms with Crippen LogP contribution in [0.2, 0.25) is 0 Å². The van der Waals surface area contributed by atoms with Crippen molar-refractivity contribution in [3.05, 3.63) is 42.9 Å². The molecular weight excluding hydrogens is 353 g/mol. The van der Waals surface area contributed by atoms with Crippen LogP contribution in [0.3, 0.4) is 0 Å².